The van der Waals surface area contributed by atoms with Crippen molar-refractivity contribution in [1.82, 2.24) is 19.8 Å². The van der Waals surface area contributed by atoms with Crippen molar-refractivity contribution >= 4 is 11.0 Å². The van der Waals surface area contributed by atoms with Crippen LogP contribution in [0, 0.1) is 0 Å². The third-order valence-electron chi connectivity index (χ3n) is 4.42. The van der Waals surface area contributed by atoms with Gasteiger partial charge in [0.25, 0.3) is 0 Å². The first-order valence-electron chi connectivity index (χ1n) is 7.95. The quantitative estimate of drug-likeness (QED) is 0.906. The lowest BCUT2D eigenvalue weighted by atomic mass is 10.1. The van der Waals surface area contributed by atoms with E-state index in [1.807, 2.05) is 0 Å². The van der Waals surface area contributed by atoms with Crippen LogP contribution in [0.15, 0.2) is 18.3 Å². The molecule has 8 heteroatoms. The van der Waals surface area contributed by atoms with E-state index in [1.165, 1.54) is 6.20 Å². The second kappa shape index (κ2) is 7.08. The molecule has 2 aromatic rings. The number of aromatic amines is 1. The molecule has 3 rings (SSSR count). The van der Waals surface area contributed by atoms with E-state index in [-0.39, 0.29) is 12.1 Å². The molecular weight excluding hydrogens is 321 g/mol. The molecule has 0 radical (unpaired) electrons. The van der Waals surface area contributed by atoms with Gasteiger partial charge in [-0.2, -0.15) is 13.2 Å². The summed E-state index contributed by atoms with van der Waals surface area (Å²) in [6.45, 7) is 4.97. The van der Waals surface area contributed by atoms with Gasteiger partial charge in [0.15, 0.2) is 0 Å². The smallest absolute Gasteiger partial charge is 0.383 e. The van der Waals surface area contributed by atoms with E-state index in [0.29, 0.717) is 17.6 Å². The molecule has 0 saturated carbocycles. The summed E-state index contributed by atoms with van der Waals surface area (Å²) in [7, 11) is 1.67. The predicted molar refractivity (Wildman–Crippen MR) is 84.7 cm³/mol. The van der Waals surface area contributed by atoms with Gasteiger partial charge in [-0.25, -0.2) is 4.98 Å². The minimum absolute atomic E-state index is 0.276. The van der Waals surface area contributed by atoms with Crippen LogP contribution in [0.25, 0.3) is 11.0 Å². The van der Waals surface area contributed by atoms with Gasteiger partial charge in [-0.1, -0.05) is 0 Å². The molecule has 0 aromatic carbocycles. The monoisotopic (exact) mass is 342 g/mol. The predicted octanol–water partition coefficient (Wildman–Crippen LogP) is 2.35. The van der Waals surface area contributed by atoms with Gasteiger partial charge < -0.3 is 9.72 Å². The Morgan fingerprint density at radius 1 is 1.21 bits per heavy atom. The van der Waals surface area contributed by atoms with Crippen molar-refractivity contribution in [3.05, 3.63) is 29.6 Å². The van der Waals surface area contributed by atoms with E-state index in [0.717, 1.165) is 32.7 Å². The molecule has 1 aliphatic rings. The van der Waals surface area contributed by atoms with Crippen LogP contribution in [0.3, 0.4) is 0 Å². The van der Waals surface area contributed by atoms with Crippen LogP contribution in [0.1, 0.15) is 11.3 Å². The van der Waals surface area contributed by atoms with Gasteiger partial charge >= 0.3 is 6.18 Å². The molecule has 0 bridgehead atoms. The summed E-state index contributed by atoms with van der Waals surface area (Å²) >= 11 is 0. The van der Waals surface area contributed by atoms with Crippen molar-refractivity contribution in [2.24, 2.45) is 0 Å². The van der Waals surface area contributed by atoms with Crippen LogP contribution >= 0.6 is 0 Å². The van der Waals surface area contributed by atoms with Crippen molar-refractivity contribution in [2.75, 3.05) is 46.4 Å². The molecule has 2 aromatic heterocycles. The second-order valence-electron chi connectivity index (χ2n) is 5.99. The van der Waals surface area contributed by atoms with E-state index >= 15 is 0 Å². The summed E-state index contributed by atoms with van der Waals surface area (Å²) in [6, 6.07) is 3.36. The summed E-state index contributed by atoms with van der Waals surface area (Å²) in [6.07, 6.45) is -2.91. The van der Waals surface area contributed by atoms with Crippen LogP contribution in [0.2, 0.25) is 0 Å². The second-order valence-corrected chi connectivity index (χ2v) is 5.99. The molecule has 0 unspecified atom stereocenters. The van der Waals surface area contributed by atoms with Gasteiger partial charge in [0.2, 0.25) is 0 Å². The average molecular weight is 342 g/mol. The molecule has 1 saturated heterocycles. The number of aromatic nitrogens is 2. The molecule has 0 atom stereocenters. The zero-order valence-electron chi connectivity index (χ0n) is 13.6. The summed E-state index contributed by atoms with van der Waals surface area (Å²) < 4.78 is 45.1. The van der Waals surface area contributed by atoms with E-state index in [2.05, 4.69) is 19.8 Å². The summed E-state index contributed by atoms with van der Waals surface area (Å²) in [4.78, 5) is 10.8. The van der Waals surface area contributed by atoms with E-state index in [4.69, 9.17) is 4.74 Å². The van der Waals surface area contributed by atoms with Gasteiger partial charge in [-0.15, -0.1) is 0 Å². The third-order valence-corrected chi connectivity index (χ3v) is 4.42. The maximum atomic E-state index is 13.3. The highest BCUT2D eigenvalue weighted by molar-refractivity contribution is 5.81. The molecule has 132 valence electrons. The fourth-order valence-corrected chi connectivity index (χ4v) is 3.10. The van der Waals surface area contributed by atoms with Crippen LogP contribution in [-0.2, 0) is 17.5 Å². The molecular formula is C16H21F3N4O. The van der Waals surface area contributed by atoms with Gasteiger partial charge in [0.1, 0.15) is 11.3 Å². The van der Waals surface area contributed by atoms with Crippen LogP contribution in [0.4, 0.5) is 13.2 Å². The molecule has 1 fully saturated rings. The van der Waals surface area contributed by atoms with Crippen molar-refractivity contribution in [1.29, 1.82) is 0 Å². The van der Waals surface area contributed by atoms with Gasteiger partial charge in [-0.05, 0) is 12.1 Å². The topological polar surface area (TPSA) is 44.4 Å². The summed E-state index contributed by atoms with van der Waals surface area (Å²) in [5.74, 6) is 0. The van der Waals surface area contributed by atoms with E-state index in [1.54, 1.807) is 19.2 Å². The Bertz CT molecular complexity index is 678. The molecule has 3 heterocycles. The SMILES string of the molecule is COCCN1CCN(Cc2c(C(F)(F)F)[nH]c3ncccc23)CC1. The maximum absolute atomic E-state index is 13.3. The first-order chi connectivity index (χ1) is 11.5. The lowest BCUT2D eigenvalue weighted by Gasteiger charge is -2.34. The number of hydrogen-bond acceptors (Lipinski definition) is 4. The Morgan fingerprint density at radius 2 is 1.92 bits per heavy atom. The summed E-state index contributed by atoms with van der Waals surface area (Å²) in [5.41, 5.74) is -0.104. The van der Waals surface area contributed by atoms with E-state index < -0.39 is 11.9 Å². The molecule has 0 spiro atoms. The van der Waals surface area contributed by atoms with Gasteiger partial charge in [0.05, 0.1) is 6.61 Å². The van der Waals surface area contributed by atoms with Crippen molar-refractivity contribution in [2.45, 2.75) is 12.7 Å². The van der Waals surface area contributed by atoms with Gasteiger partial charge in [-0.3, -0.25) is 9.80 Å². The number of nitrogens with zero attached hydrogens (tertiary/aromatic N) is 3. The van der Waals surface area contributed by atoms with Crippen LogP contribution in [-0.4, -0.2) is 66.2 Å². The van der Waals surface area contributed by atoms with Crippen LogP contribution in [0.5, 0.6) is 0 Å². The Hall–Kier alpha value is -1.64. The number of methoxy groups -OCH3 is 1. The molecule has 0 aliphatic carbocycles. The Kier molecular flexibility index (Phi) is 5.07. The Balaban J connectivity index is 1.76. The number of piperazine rings is 1. The molecule has 1 N–H and O–H groups in total. The number of hydrogen-bond donors (Lipinski definition) is 1. The molecule has 24 heavy (non-hydrogen) atoms. The number of H-pyrrole nitrogens is 1. The highest BCUT2D eigenvalue weighted by atomic mass is 19.4. The number of fused-ring (bicyclic) bond motifs is 1. The van der Waals surface area contributed by atoms with Crippen molar-refractivity contribution in [3.63, 3.8) is 0 Å². The number of rotatable bonds is 5. The maximum Gasteiger partial charge on any atom is 0.431 e. The fraction of sp³-hybridized carbons (Fsp3) is 0.562. The van der Waals surface area contributed by atoms with Crippen molar-refractivity contribution in [3.8, 4) is 0 Å². The number of pyridine rings is 1. The number of ether oxygens (including phenoxy) is 1. The molecule has 1 aliphatic heterocycles. The largest absolute Gasteiger partial charge is 0.431 e. The molecule has 5 nitrogen and oxygen atoms in total. The number of halogens is 3. The number of alkyl halides is 3. The Labute approximate surface area is 138 Å². The summed E-state index contributed by atoms with van der Waals surface area (Å²) in [5, 5.41) is 0.548. The van der Waals surface area contributed by atoms with Gasteiger partial charge in [0, 0.05) is 63.5 Å². The lowest BCUT2D eigenvalue weighted by molar-refractivity contribution is -0.141. The first kappa shape index (κ1) is 17.2. The molecule has 0 amide bonds. The highest BCUT2D eigenvalue weighted by Gasteiger charge is 2.37. The zero-order valence-corrected chi connectivity index (χ0v) is 13.6. The minimum Gasteiger partial charge on any atom is -0.383 e. The standard InChI is InChI=1S/C16H21F3N4O/c1-24-10-9-22-5-7-23(8-6-22)11-13-12-3-2-4-20-15(12)21-14(13)16(17,18)19/h2-4H,5-11H2,1H3,(H,20,21). The normalized spacial score (nSPS) is 17.7. The van der Waals surface area contributed by atoms with Crippen LogP contribution < -0.4 is 0 Å². The number of nitrogens with one attached hydrogen (secondary N) is 1. The third kappa shape index (κ3) is 3.71. The highest BCUT2D eigenvalue weighted by Crippen LogP contribution is 2.35. The average Bonchev–Trinajstić information content (AvgIpc) is 2.93. The minimum atomic E-state index is -4.41. The zero-order chi connectivity index (χ0) is 17.2. The fourth-order valence-electron chi connectivity index (χ4n) is 3.10. The van der Waals surface area contributed by atoms with E-state index in [9.17, 15) is 13.2 Å². The first-order valence-corrected chi connectivity index (χ1v) is 7.95. The van der Waals surface area contributed by atoms with Crippen molar-refractivity contribution < 1.29 is 17.9 Å². The lowest BCUT2D eigenvalue weighted by Crippen LogP contribution is -2.46. The Morgan fingerprint density at radius 3 is 2.58 bits per heavy atom.